The molecule has 1 aromatic rings. The molecule has 0 radical (unpaired) electrons. The van der Waals surface area contributed by atoms with Crippen LogP contribution < -0.4 is 10.5 Å². The standard InChI is InChI=1S/C14H22N4O3/c1-10-11(15-9-16-12(10)19)17-5-7-18(8-6-17)13(20)21-14(2,3)4/h9H,5-8H2,1-4H3,(H,15,16,19). The van der Waals surface area contributed by atoms with Crippen LogP contribution in [0.5, 0.6) is 0 Å². The number of anilines is 1. The summed E-state index contributed by atoms with van der Waals surface area (Å²) in [5.74, 6) is 0.683. The van der Waals surface area contributed by atoms with Crippen molar-refractivity contribution in [3.8, 4) is 0 Å². The summed E-state index contributed by atoms with van der Waals surface area (Å²) in [7, 11) is 0. The third-order valence-electron chi connectivity index (χ3n) is 3.29. The molecule has 0 saturated carbocycles. The molecule has 2 rings (SSSR count). The van der Waals surface area contributed by atoms with Gasteiger partial charge in [-0.05, 0) is 27.7 Å². The average Bonchev–Trinajstić information content (AvgIpc) is 2.40. The number of ether oxygens (including phenoxy) is 1. The number of aromatic nitrogens is 2. The number of carbonyl (C=O) groups is 1. The molecule has 0 aromatic carbocycles. The van der Waals surface area contributed by atoms with Crippen LogP contribution in [0.25, 0.3) is 0 Å². The lowest BCUT2D eigenvalue weighted by molar-refractivity contribution is 0.0240. The Hall–Kier alpha value is -2.05. The molecule has 21 heavy (non-hydrogen) atoms. The van der Waals surface area contributed by atoms with Crippen molar-refractivity contribution in [1.29, 1.82) is 0 Å². The van der Waals surface area contributed by atoms with E-state index in [4.69, 9.17) is 4.74 Å². The van der Waals surface area contributed by atoms with Crippen molar-refractivity contribution in [1.82, 2.24) is 14.9 Å². The van der Waals surface area contributed by atoms with Crippen molar-refractivity contribution >= 4 is 11.9 Å². The Kier molecular flexibility index (Phi) is 4.20. The van der Waals surface area contributed by atoms with Crippen LogP contribution in [0.15, 0.2) is 11.1 Å². The van der Waals surface area contributed by atoms with Crippen molar-refractivity contribution in [3.63, 3.8) is 0 Å². The number of hydrogen-bond acceptors (Lipinski definition) is 5. The molecular formula is C14H22N4O3. The van der Waals surface area contributed by atoms with Gasteiger partial charge in [0.1, 0.15) is 11.4 Å². The molecule has 0 atom stereocenters. The topological polar surface area (TPSA) is 78.5 Å². The van der Waals surface area contributed by atoms with Gasteiger partial charge in [-0.15, -0.1) is 0 Å². The molecule has 1 fully saturated rings. The van der Waals surface area contributed by atoms with Crippen LogP contribution in [0.2, 0.25) is 0 Å². The highest BCUT2D eigenvalue weighted by atomic mass is 16.6. The van der Waals surface area contributed by atoms with E-state index in [0.29, 0.717) is 37.6 Å². The highest BCUT2D eigenvalue weighted by Gasteiger charge is 2.26. The Balaban J connectivity index is 1.99. The summed E-state index contributed by atoms with van der Waals surface area (Å²) >= 11 is 0. The van der Waals surface area contributed by atoms with Gasteiger partial charge in [0.2, 0.25) is 0 Å². The third kappa shape index (κ3) is 3.74. The van der Waals surface area contributed by atoms with Gasteiger partial charge < -0.3 is 19.5 Å². The Labute approximate surface area is 123 Å². The third-order valence-corrected chi connectivity index (χ3v) is 3.29. The summed E-state index contributed by atoms with van der Waals surface area (Å²) in [6.07, 6.45) is 1.11. The molecule has 1 aliphatic rings. The van der Waals surface area contributed by atoms with E-state index in [1.165, 1.54) is 6.33 Å². The summed E-state index contributed by atoms with van der Waals surface area (Å²) in [5.41, 5.74) is -0.0168. The normalized spacial score (nSPS) is 16.0. The van der Waals surface area contributed by atoms with E-state index in [9.17, 15) is 9.59 Å². The predicted molar refractivity (Wildman–Crippen MR) is 79.6 cm³/mol. The second kappa shape index (κ2) is 5.75. The summed E-state index contributed by atoms with van der Waals surface area (Å²) < 4.78 is 5.36. The van der Waals surface area contributed by atoms with Gasteiger partial charge in [-0.25, -0.2) is 9.78 Å². The van der Waals surface area contributed by atoms with E-state index in [2.05, 4.69) is 9.97 Å². The largest absolute Gasteiger partial charge is 0.444 e. The first-order valence-electron chi connectivity index (χ1n) is 7.05. The minimum Gasteiger partial charge on any atom is -0.444 e. The van der Waals surface area contributed by atoms with Crippen LogP contribution in [0, 0.1) is 6.92 Å². The second-order valence-electron chi connectivity index (χ2n) is 6.13. The van der Waals surface area contributed by atoms with Crippen LogP contribution in [0.4, 0.5) is 10.6 Å². The Morgan fingerprint density at radius 1 is 1.29 bits per heavy atom. The van der Waals surface area contributed by atoms with E-state index >= 15 is 0 Å². The molecule has 1 aliphatic heterocycles. The molecule has 7 heteroatoms. The molecule has 1 amide bonds. The Morgan fingerprint density at radius 2 is 1.90 bits per heavy atom. The number of piperazine rings is 1. The maximum Gasteiger partial charge on any atom is 0.410 e. The number of hydrogen-bond donors (Lipinski definition) is 1. The van der Waals surface area contributed by atoms with E-state index in [1.807, 2.05) is 25.7 Å². The molecular weight excluding hydrogens is 272 g/mol. The highest BCUT2D eigenvalue weighted by Crippen LogP contribution is 2.16. The van der Waals surface area contributed by atoms with Crippen LogP contribution in [0.1, 0.15) is 26.3 Å². The van der Waals surface area contributed by atoms with Gasteiger partial charge in [0, 0.05) is 26.2 Å². The molecule has 2 heterocycles. The number of H-pyrrole nitrogens is 1. The second-order valence-corrected chi connectivity index (χ2v) is 6.13. The summed E-state index contributed by atoms with van der Waals surface area (Å²) in [6.45, 7) is 9.69. The summed E-state index contributed by atoms with van der Waals surface area (Å²) in [4.78, 5) is 34.1. The molecule has 0 unspecified atom stereocenters. The van der Waals surface area contributed by atoms with Gasteiger partial charge >= 0.3 is 6.09 Å². The number of aromatic amines is 1. The van der Waals surface area contributed by atoms with Crippen LogP contribution in [-0.2, 0) is 4.74 Å². The van der Waals surface area contributed by atoms with Crippen LogP contribution in [-0.4, -0.2) is 52.7 Å². The number of nitrogens with one attached hydrogen (secondary N) is 1. The van der Waals surface area contributed by atoms with Crippen molar-refractivity contribution in [2.24, 2.45) is 0 Å². The molecule has 1 N–H and O–H groups in total. The fraction of sp³-hybridized carbons (Fsp3) is 0.643. The molecule has 1 aromatic heterocycles. The van der Waals surface area contributed by atoms with Crippen LogP contribution in [0.3, 0.4) is 0 Å². The lowest BCUT2D eigenvalue weighted by atomic mass is 10.2. The summed E-state index contributed by atoms with van der Waals surface area (Å²) in [6, 6.07) is 0. The smallest absolute Gasteiger partial charge is 0.410 e. The van der Waals surface area contributed by atoms with Gasteiger partial charge in [0.25, 0.3) is 5.56 Å². The monoisotopic (exact) mass is 294 g/mol. The molecule has 7 nitrogen and oxygen atoms in total. The van der Waals surface area contributed by atoms with Crippen molar-refractivity contribution in [2.75, 3.05) is 31.1 Å². The maximum absolute atomic E-state index is 12.0. The van der Waals surface area contributed by atoms with Gasteiger partial charge in [0.15, 0.2) is 0 Å². The molecule has 0 aliphatic carbocycles. The lowest BCUT2D eigenvalue weighted by Gasteiger charge is -2.36. The SMILES string of the molecule is Cc1c(N2CCN(C(=O)OC(C)(C)C)CC2)nc[nH]c1=O. The molecule has 0 spiro atoms. The Bertz CT molecular complexity index is 568. The van der Waals surface area contributed by atoms with Gasteiger partial charge in [-0.1, -0.05) is 0 Å². The fourth-order valence-electron chi connectivity index (χ4n) is 2.20. The van der Waals surface area contributed by atoms with E-state index in [1.54, 1.807) is 11.8 Å². The first-order valence-corrected chi connectivity index (χ1v) is 7.05. The van der Waals surface area contributed by atoms with E-state index in [-0.39, 0.29) is 11.7 Å². The summed E-state index contributed by atoms with van der Waals surface area (Å²) in [5, 5.41) is 0. The minimum absolute atomic E-state index is 0.130. The number of amides is 1. The first-order chi connectivity index (χ1) is 9.78. The van der Waals surface area contributed by atoms with Crippen LogP contribution >= 0.6 is 0 Å². The fourth-order valence-corrected chi connectivity index (χ4v) is 2.20. The highest BCUT2D eigenvalue weighted by molar-refractivity contribution is 5.68. The first kappa shape index (κ1) is 15.3. The number of rotatable bonds is 1. The molecule has 116 valence electrons. The Morgan fingerprint density at radius 3 is 2.48 bits per heavy atom. The van der Waals surface area contributed by atoms with Crippen molar-refractivity contribution in [2.45, 2.75) is 33.3 Å². The zero-order valence-corrected chi connectivity index (χ0v) is 13.0. The molecule has 0 bridgehead atoms. The van der Waals surface area contributed by atoms with Gasteiger partial charge in [-0.3, -0.25) is 4.79 Å². The lowest BCUT2D eigenvalue weighted by Crippen LogP contribution is -2.50. The van der Waals surface area contributed by atoms with Crippen molar-refractivity contribution < 1.29 is 9.53 Å². The van der Waals surface area contributed by atoms with Crippen molar-refractivity contribution in [3.05, 3.63) is 22.2 Å². The maximum atomic E-state index is 12.0. The number of carbonyl (C=O) groups excluding carboxylic acids is 1. The minimum atomic E-state index is -0.487. The molecule has 1 saturated heterocycles. The van der Waals surface area contributed by atoms with E-state index < -0.39 is 5.60 Å². The predicted octanol–water partition coefficient (Wildman–Crippen LogP) is 1.14. The average molecular weight is 294 g/mol. The van der Waals surface area contributed by atoms with E-state index in [0.717, 1.165) is 0 Å². The van der Waals surface area contributed by atoms with Gasteiger partial charge in [-0.2, -0.15) is 0 Å². The number of nitrogens with zero attached hydrogens (tertiary/aromatic N) is 3. The zero-order chi connectivity index (χ0) is 15.6. The van der Waals surface area contributed by atoms with Gasteiger partial charge in [0.05, 0.1) is 11.9 Å². The quantitative estimate of drug-likeness (QED) is 0.840. The zero-order valence-electron chi connectivity index (χ0n) is 13.0.